The molecule has 1 aromatic carbocycles. The minimum Gasteiger partial charge on any atom is -0.475 e. The van der Waals surface area contributed by atoms with Gasteiger partial charge in [0.25, 0.3) is 10.0 Å². The molecule has 0 amide bonds. The smallest absolute Gasteiger partial charge is 0.475 e. The maximum atomic E-state index is 13.4. The molecule has 2 aromatic rings. The van der Waals surface area contributed by atoms with E-state index in [1.807, 2.05) is 31.2 Å². The highest BCUT2D eigenvalue weighted by atomic mass is 32.2. The van der Waals surface area contributed by atoms with Crippen molar-refractivity contribution in [1.29, 1.82) is 0 Å². The largest absolute Gasteiger partial charge is 0.507 e. The van der Waals surface area contributed by atoms with Gasteiger partial charge in [0.05, 0.1) is 25.5 Å². The second-order valence-corrected chi connectivity index (χ2v) is 11.3. The van der Waals surface area contributed by atoms with Gasteiger partial charge < -0.3 is 24.4 Å². The van der Waals surface area contributed by atoms with Crippen LogP contribution in [0.4, 0.5) is 4.79 Å². The molecular weight excluding hydrogens is 488 g/mol. The molecule has 2 N–H and O–H groups in total. The van der Waals surface area contributed by atoms with Crippen molar-refractivity contribution in [3.05, 3.63) is 47.5 Å². The zero-order valence-corrected chi connectivity index (χ0v) is 21.1. The highest BCUT2D eigenvalue weighted by Crippen LogP contribution is 2.38. The molecule has 10 nitrogen and oxygen atoms in total. The van der Waals surface area contributed by atoms with Crippen LogP contribution in [0.2, 0.25) is 0 Å². The molecule has 1 aromatic heterocycles. The maximum Gasteiger partial charge on any atom is 0.507 e. The van der Waals surface area contributed by atoms with Gasteiger partial charge in [-0.2, -0.15) is 4.31 Å². The number of aliphatic hydroxyl groups excluding tert-OH is 1. The number of carbonyl (C=O) groups is 1. The molecule has 0 unspecified atom stereocenters. The Balaban J connectivity index is 1.46. The summed E-state index contributed by atoms with van der Waals surface area (Å²) in [6.45, 7) is 2.98. The number of aromatic nitrogens is 1. The number of sulfonamides is 1. The number of rotatable bonds is 8. The van der Waals surface area contributed by atoms with E-state index in [4.69, 9.17) is 19.3 Å². The van der Waals surface area contributed by atoms with E-state index in [2.05, 4.69) is 11.1 Å². The Morgan fingerprint density at radius 2 is 1.92 bits per heavy atom. The minimum atomic E-state index is -3.99. The lowest BCUT2D eigenvalue weighted by Gasteiger charge is -2.40. The van der Waals surface area contributed by atoms with Crippen molar-refractivity contribution in [2.24, 2.45) is 0 Å². The maximum absolute atomic E-state index is 13.4. The van der Waals surface area contributed by atoms with Crippen LogP contribution >= 0.6 is 0 Å². The van der Waals surface area contributed by atoms with E-state index >= 15 is 0 Å². The lowest BCUT2D eigenvalue weighted by atomic mass is 9.88. The number of ether oxygens (including phenoxy) is 3. The summed E-state index contributed by atoms with van der Waals surface area (Å²) in [5.41, 5.74) is 3.92. The number of aryl methyl sites for hydroxylation is 1. The van der Waals surface area contributed by atoms with Gasteiger partial charge in [-0.1, -0.05) is 24.3 Å². The fourth-order valence-corrected chi connectivity index (χ4v) is 6.96. The van der Waals surface area contributed by atoms with Crippen molar-refractivity contribution in [2.75, 3.05) is 39.5 Å². The average Bonchev–Trinajstić information content (AvgIpc) is 2.87. The van der Waals surface area contributed by atoms with Crippen LogP contribution < -0.4 is 4.74 Å². The van der Waals surface area contributed by atoms with Gasteiger partial charge in [-0.25, -0.2) is 18.2 Å². The number of hydrogen-bond donors (Lipinski definition) is 2. The van der Waals surface area contributed by atoms with Gasteiger partial charge in [0.15, 0.2) is 0 Å². The van der Waals surface area contributed by atoms with Crippen LogP contribution in [0.3, 0.4) is 0 Å². The van der Waals surface area contributed by atoms with E-state index in [0.717, 1.165) is 22.4 Å². The Labute approximate surface area is 210 Å². The number of aliphatic hydroxyl groups is 1. The number of nitrogens with zero attached hydrogens (tertiary/aromatic N) is 2. The van der Waals surface area contributed by atoms with Crippen LogP contribution in [0.1, 0.15) is 42.7 Å². The van der Waals surface area contributed by atoms with E-state index in [9.17, 15) is 18.3 Å². The molecule has 2 saturated heterocycles. The molecule has 2 aliphatic rings. The van der Waals surface area contributed by atoms with Crippen molar-refractivity contribution in [3.63, 3.8) is 0 Å². The van der Waals surface area contributed by atoms with Crippen LogP contribution in [-0.4, -0.2) is 78.5 Å². The second-order valence-electron chi connectivity index (χ2n) is 9.08. The summed E-state index contributed by atoms with van der Waals surface area (Å²) >= 11 is 0. The number of pyridine rings is 1. The van der Waals surface area contributed by atoms with Crippen LogP contribution in [0.15, 0.2) is 36.4 Å². The quantitative estimate of drug-likeness (QED) is 0.503. The Kier molecular flexibility index (Phi) is 8.13. The van der Waals surface area contributed by atoms with Crippen LogP contribution in [-0.2, 0) is 19.5 Å². The van der Waals surface area contributed by atoms with Gasteiger partial charge in [-0.15, -0.1) is 0 Å². The Bertz CT molecular complexity index is 1170. The third-order valence-electron chi connectivity index (χ3n) is 6.85. The predicted molar refractivity (Wildman–Crippen MR) is 131 cm³/mol. The second kappa shape index (κ2) is 11.1. The van der Waals surface area contributed by atoms with Crippen LogP contribution in [0, 0.1) is 6.92 Å². The fraction of sp³-hybridized carbons (Fsp3) is 0.520. The molecule has 196 valence electrons. The molecule has 4 rings (SSSR count). The van der Waals surface area contributed by atoms with Crippen molar-refractivity contribution in [3.8, 4) is 17.1 Å². The molecule has 0 bridgehead atoms. The summed E-state index contributed by atoms with van der Waals surface area (Å²) in [5, 5.41) is 18.2. The highest BCUT2D eigenvalue weighted by molar-refractivity contribution is 7.90. The van der Waals surface area contributed by atoms with Gasteiger partial charge in [0, 0.05) is 37.6 Å². The van der Waals surface area contributed by atoms with Gasteiger partial charge in [-0.3, -0.25) is 0 Å². The summed E-state index contributed by atoms with van der Waals surface area (Å²) in [5.74, 6) is 0.634. The first-order valence-electron chi connectivity index (χ1n) is 12.1. The van der Waals surface area contributed by atoms with Gasteiger partial charge >= 0.3 is 6.16 Å². The number of carboxylic acid groups (broad SMARTS) is 1. The van der Waals surface area contributed by atoms with Gasteiger partial charge in [0.2, 0.25) is 10.8 Å². The normalized spacial score (nSPS) is 19.1. The summed E-state index contributed by atoms with van der Waals surface area (Å²) < 4.78 is 43.9. The summed E-state index contributed by atoms with van der Waals surface area (Å²) in [4.78, 5) is 14.0. The predicted octanol–water partition coefficient (Wildman–Crippen LogP) is 3.14. The van der Waals surface area contributed by atoms with E-state index in [1.165, 1.54) is 4.31 Å². The lowest BCUT2D eigenvalue weighted by molar-refractivity contribution is -0.0424. The molecule has 2 fully saturated rings. The molecule has 3 heterocycles. The SMILES string of the molecule is Cc1cc(C2CCN(S(=O)(=O)C3(OC(=O)O)CCOCC3)CC2)ccc1-c1cccc(OCCO)n1. The number of hydrogen-bond acceptors (Lipinski definition) is 8. The van der Waals surface area contributed by atoms with Crippen LogP contribution in [0.5, 0.6) is 5.88 Å². The zero-order chi connectivity index (χ0) is 25.8. The molecule has 2 aliphatic heterocycles. The van der Waals surface area contributed by atoms with Crippen molar-refractivity contribution >= 4 is 16.2 Å². The third-order valence-corrected chi connectivity index (χ3v) is 9.33. The zero-order valence-electron chi connectivity index (χ0n) is 20.3. The van der Waals surface area contributed by atoms with E-state index < -0.39 is 21.1 Å². The average molecular weight is 521 g/mol. The first-order chi connectivity index (χ1) is 17.3. The van der Waals surface area contributed by atoms with E-state index in [0.29, 0.717) is 31.8 Å². The Hall–Kier alpha value is -2.73. The van der Waals surface area contributed by atoms with Crippen molar-refractivity contribution in [2.45, 2.75) is 43.5 Å². The van der Waals surface area contributed by atoms with E-state index in [-0.39, 0.29) is 45.2 Å². The highest BCUT2D eigenvalue weighted by Gasteiger charge is 2.52. The first-order valence-corrected chi connectivity index (χ1v) is 13.5. The molecule has 0 spiro atoms. The Morgan fingerprint density at radius 1 is 1.19 bits per heavy atom. The van der Waals surface area contributed by atoms with Crippen molar-refractivity contribution < 1.29 is 37.6 Å². The van der Waals surface area contributed by atoms with Gasteiger partial charge in [0.1, 0.15) is 6.61 Å². The molecule has 0 radical (unpaired) electrons. The third kappa shape index (κ3) is 5.49. The lowest BCUT2D eigenvalue weighted by Crippen LogP contribution is -2.55. The fourth-order valence-electron chi connectivity index (χ4n) is 4.94. The molecular formula is C25H32N2O8S. The number of benzene rings is 1. The minimum absolute atomic E-state index is 0.0114. The van der Waals surface area contributed by atoms with Crippen LogP contribution in [0.25, 0.3) is 11.3 Å². The first kappa shape index (κ1) is 26.3. The molecule has 36 heavy (non-hydrogen) atoms. The monoisotopic (exact) mass is 520 g/mol. The summed E-state index contributed by atoms with van der Waals surface area (Å²) in [6.07, 6.45) is -0.364. The summed E-state index contributed by atoms with van der Waals surface area (Å²) in [7, 11) is -3.99. The standard InChI is InChI=1S/C25H32N2O8S/c1-18-17-20(5-6-21(18)22-3-2-4-23(26-22)34-16-13-28)19-7-11-27(12-8-19)36(31,32)25(35-24(29)30)9-14-33-15-10-25/h2-6,17,19,28H,7-16H2,1H3,(H,29,30). The van der Waals surface area contributed by atoms with Crippen molar-refractivity contribution in [1.82, 2.24) is 9.29 Å². The van der Waals surface area contributed by atoms with E-state index in [1.54, 1.807) is 6.07 Å². The molecule has 0 aliphatic carbocycles. The molecule has 0 atom stereocenters. The Morgan fingerprint density at radius 3 is 2.56 bits per heavy atom. The topological polar surface area (TPSA) is 135 Å². The van der Waals surface area contributed by atoms with Gasteiger partial charge in [-0.05, 0) is 42.9 Å². The number of piperidine rings is 1. The summed E-state index contributed by atoms with van der Waals surface area (Å²) in [6, 6.07) is 11.7. The molecule has 0 saturated carbocycles. The molecule has 11 heteroatoms.